The van der Waals surface area contributed by atoms with Crippen molar-refractivity contribution in [3.63, 3.8) is 0 Å². The van der Waals surface area contributed by atoms with Gasteiger partial charge in [0.2, 0.25) is 0 Å². The molecule has 0 spiro atoms. The summed E-state index contributed by atoms with van der Waals surface area (Å²) in [4.78, 5) is 9.20. The normalized spacial score (nSPS) is 14.6. The van der Waals surface area contributed by atoms with Crippen LogP contribution in [0, 0.1) is 18.1 Å². The Morgan fingerprint density at radius 1 is 0.804 bits per heavy atom. The molecule has 261 valence electrons. The molecule has 0 atom stereocenters. The van der Waals surface area contributed by atoms with Crippen LogP contribution in [0.15, 0.2) is 116 Å². The molecule has 4 aromatic carbocycles. The first kappa shape index (κ1) is 33.4. The van der Waals surface area contributed by atoms with E-state index in [9.17, 15) is 0 Å². The van der Waals surface area contributed by atoms with Crippen molar-refractivity contribution in [3.8, 4) is 33.6 Å². The third kappa shape index (κ3) is 8.80. The predicted octanol–water partition coefficient (Wildman–Crippen LogP) is 12.5. The molecule has 0 N–H and O–H groups in total. The van der Waals surface area contributed by atoms with Gasteiger partial charge in [0.1, 0.15) is 0 Å². The molecular weight excluding hydrogens is 877 g/mol. The monoisotopic (exact) mass is 928 g/mol. The number of aromatic nitrogens is 2. The van der Waals surface area contributed by atoms with Gasteiger partial charge in [-0.25, -0.2) is 0 Å². The summed E-state index contributed by atoms with van der Waals surface area (Å²) in [5.74, 6) is 6.54. The summed E-state index contributed by atoms with van der Waals surface area (Å²) in [6, 6.07) is 41.7. The van der Waals surface area contributed by atoms with Gasteiger partial charge in [0.15, 0.2) is 0 Å². The van der Waals surface area contributed by atoms with E-state index in [1.807, 2.05) is 62.5 Å². The Labute approximate surface area is 328 Å². The zero-order valence-corrected chi connectivity index (χ0v) is 35.3. The molecule has 0 bridgehead atoms. The summed E-state index contributed by atoms with van der Waals surface area (Å²) in [5, 5.41) is 2.44. The number of benzene rings is 4. The van der Waals surface area contributed by atoms with Crippen LogP contribution in [0.3, 0.4) is 0 Å². The van der Waals surface area contributed by atoms with E-state index in [1.54, 1.807) is 17.5 Å². The number of fused-ring (bicyclic) bond motifs is 3. The molecule has 8 rings (SSSR count). The van der Waals surface area contributed by atoms with Crippen LogP contribution in [0.1, 0.15) is 60.7 Å². The maximum Gasteiger partial charge on any atom is 0.0319 e. The van der Waals surface area contributed by atoms with Crippen molar-refractivity contribution in [3.05, 3.63) is 139 Å². The van der Waals surface area contributed by atoms with Gasteiger partial charge in [-0.05, 0) is 51.3 Å². The molecule has 1 aliphatic carbocycles. The molecule has 5 heteroatoms. The third-order valence-electron chi connectivity index (χ3n) is 9.51. The molecule has 51 heavy (non-hydrogen) atoms. The van der Waals surface area contributed by atoms with E-state index < -0.39 is 25.5 Å². The van der Waals surface area contributed by atoms with E-state index in [1.165, 1.54) is 35.7 Å². The molecule has 0 amide bonds. The minimum absolute atomic E-state index is 0. The summed E-state index contributed by atoms with van der Waals surface area (Å²) in [6.45, 7) is 3.91. The van der Waals surface area contributed by atoms with Crippen LogP contribution in [-0.4, -0.2) is 23.2 Å². The Balaban J connectivity index is 0.000000205. The third-order valence-corrected chi connectivity index (χ3v) is 14.9. The van der Waals surface area contributed by atoms with E-state index in [2.05, 4.69) is 100 Å². The first-order chi connectivity index (χ1) is 25.3. The largest absolute Gasteiger partial charge is 0.305 e. The van der Waals surface area contributed by atoms with Crippen LogP contribution in [0.25, 0.3) is 53.8 Å². The van der Waals surface area contributed by atoms with Gasteiger partial charge in [0.05, 0.1) is 0 Å². The van der Waals surface area contributed by atoms with Crippen LogP contribution in [0.4, 0.5) is 0 Å². The van der Waals surface area contributed by atoms with Crippen molar-refractivity contribution < 1.29 is 24.2 Å². The summed E-state index contributed by atoms with van der Waals surface area (Å²) in [5.41, 5.74) is 7.91. The topological polar surface area (TPSA) is 25.8 Å². The fourth-order valence-corrected chi connectivity index (χ4v) is 11.2. The summed E-state index contributed by atoms with van der Waals surface area (Å²) >= 11 is -0.239. The van der Waals surface area contributed by atoms with Gasteiger partial charge in [0.25, 0.3) is 0 Å². The number of nitrogens with zero attached hydrogens (tertiary/aromatic N) is 2. The minimum atomic E-state index is -2.03. The molecule has 1 aliphatic rings. The Morgan fingerprint density at radius 3 is 2.29 bits per heavy atom. The molecule has 0 saturated heterocycles. The van der Waals surface area contributed by atoms with Gasteiger partial charge in [0, 0.05) is 33.7 Å². The molecule has 7 aromatic rings. The van der Waals surface area contributed by atoms with Gasteiger partial charge in [-0.15, -0.1) is 23.8 Å². The summed E-state index contributed by atoms with van der Waals surface area (Å²) < 4.78 is 29.8. The molecular formula is C46H46GeIrN2S-2. The molecule has 3 heterocycles. The standard InChI is InChI=1S/C29H24NS.C17H22GeN.Ir/c1-2-8-22(9-3-1)23-10-12-25-26-18-24(11-13-28(26)31-29(25)19-23)27-17-21(14-15-30-27)16-20-6-4-5-7-20;1-13(2)15-11-17(14-9-7-6-8-10-14)19-12-16(15)18(3,4)5;/h1-3,8-10,12-15,17-20H,4-7,16H2;6-9,11-13H,1-5H3;/q2*-1;/i16D2;13D;. The van der Waals surface area contributed by atoms with Crippen LogP contribution in [0.2, 0.25) is 17.3 Å². The quantitative estimate of drug-likeness (QED) is 0.118. The van der Waals surface area contributed by atoms with Crippen molar-refractivity contribution in [1.29, 1.82) is 0 Å². The second-order valence-corrected chi connectivity index (χ2v) is 26.2. The molecule has 1 radical (unpaired) electrons. The van der Waals surface area contributed by atoms with Gasteiger partial charge >= 0.3 is 120 Å². The van der Waals surface area contributed by atoms with Gasteiger partial charge in [-0.3, -0.25) is 0 Å². The van der Waals surface area contributed by atoms with Crippen LogP contribution in [-0.2, 0) is 26.5 Å². The van der Waals surface area contributed by atoms with Crippen molar-refractivity contribution in [2.45, 2.75) is 69.1 Å². The van der Waals surface area contributed by atoms with Crippen molar-refractivity contribution in [2.75, 3.05) is 0 Å². The van der Waals surface area contributed by atoms with E-state index in [-0.39, 0.29) is 26.0 Å². The second-order valence-electron chi connectivity index (χ2n) is 14.5. The fraction of sp³-hybridized carbons (Fsp3) is 0.261. The van der Waals surface area contributed by atoms with Crippen LogP contribution in [0.5, 0.6) is 0 Å². The van der Waals surface area contributed by atoms with Crippen molar-refractivity contribution in [2.24, 2.45) is 5.92 Å². The molecule has 3 aromatic heterocycles. The van der Waals surface area contributed by atoms with Crippen LogP contribution < -0.4 is 4.40 Å². The SMILES string of the molecule is [2H]C(C)(C)c1cc(-c2[c-]cccc2)nc[c]1[Ge]([CH3])([CH3])[CH3].[2H]C([2H])(c1ccnc(-c2[c-]cc3sc4cc(-c5ccccc5)ccc4c3c2)c1)C1CCCC1.[Ir]. The Kier molecular flexibility index (Phi) is 10.8. The Morgan fingerprint density at radius 2 is 1.57 bits per heavy atom. The number of thiophene rings is 1. The van der Waals surface area contributed by atoms with E-state index >= 15 is 0 Å². The summed E-state index contributed by atoms with van der Waals surface area (Å²) in [7, 11) is 0. The van der Waals surface area contributed by atoms with Gasteiger partial charge in [-0.2, -0.15) is 11.3 Å². The van der Waals surface area contributed by atoms with E-state index in [0.29, 0.717) is 0 Å². The predicted molar refractivity (Wildman–Crippen MR) is 218 cm³/mol. The zero-order valence-electron chi connectivity index (χ0n) is 33.0. The van der Waals surface area contributed by atoms with Gasteiger partial charge in [-0.1, -0.05) is 85.2 Å². The summed E-state index contributed by atoms with van der Waals surface area (Å²) in [6.07, 6.45) is 6.62. The number of rotatable bonds is 7. The minimum Gasteiger partial charge on any atom is -0.305 e. The average molecular weight is 927 g/mol. The Bertz CT molecular complexity index is 2360. The number of hydrogen-bond donors (Lipinski definition) is 0. The zero-order chi connectivity index (χ0) is 37.4. The first-order valence-corrected chi connectivity index (χ1v) is 25.8. The molecule has 1 fully saturated rings. The van der Waals surface area contributed by atoms with Crippen LogP contribution >= 0.6 is 11.3 Å². The maximum absolute atomic E-state index is 8.76. The van der Waals surface area contributed by atoms with Crippen molar-refractivity contribution in [1.82, 2.24) is 9.97 Å². The second kappa shape index (κ2) is 16.5. The number of pyridine rings is 2. The fourth-order valence-electron chi connectivity index (χ4n) is 6.82. The Hall–Kier alpha value is -3.41. The smallest absolute Gasteiger partial charge is 0.0319 e. The maximum atomic E-state index is 8.76. The van der Waals surface area contributed by atoms with Gasteiger partial charge < -0.3 is 4.98 Å². The molecule has 0 unspecified atom stereocenters. The first-order valence-electron chi connectivity index (χ1n) is 19.2. The molecule has 2 nitrogen and oxygen atoms in total. The average Bonchev–Trinajstić information content (AvgIpc) is 3.84. The molecule has 0 aliphatic heterocycles. The van der Waals surface area contributed by atoms with Crippen molar-refractivity contribution >= 4 is 49.2 Å². The van der Waals surface area contributed by atoms with E-state index in [0.717, 1.165) is 59.3 Å². The number of hydrogen-bond acceptors (Lipinski definition) is 3. The van der Waals surface area contributed by atoms with E-state index in [4.69, 9.17) is 4.11 Å². The molecule has 1 saturated carbocycles.